The average molecular weight is 373 g/mol. The van der Waals surface area contributed by atoms with Crippen LogP contribution in [0, 0.1) is 5.82 Å². The lowest BCUT2D eigenvalue weighted by Gasteiger charge is -2.16. The van der Waals surface area contributed by atoms with Crippen LogP contribution in [0.2, 0.25) is 0 Å². The number of aromatic amines is 1. The fourth-order valence-corrected chi connectivity index (χ4v) is 4.59. The third-order valence-electron chi connectivity index (χ3n) is 4.60. The standard InChI is InChI=1S/C19H20FN3O2S/c1-23(9-10-25-13-7-5-12(20)6-8-13)11-16-21-18(24)17-14-3-2-4-15(14)26-19(17)22-16/h5-8H,2-4,9-11H2,1H3,(H,21,22,24). The first-order valence-electron chi connectivity index (χ1n) is 8.70. The number of hydrogen-bond donors (Lipinski definition) is 1. The Hall–Kier alpha value is -2.25. The van der Waals surface area contributed by atoms with Crippen molar-refractivity contribution in [1.82, 2.24) is 14.9 Å². The number of aromatic nitrogens is 2. The molecule has 1 aliphatic carbocycles. The quantitative estimate of drug-likeness (QED) is 0.721. The van der Waals surface area contributed by atoms with Gasteiger partial charge in [0.2, 0.25) is 0 Å². The number of fused-ring (bicyclic) bond motifs is 3. The predicted molar refractivity (Wildman–Crippen MR) is 100 cm³/mol. The molecule has 1 aromatic carbocycles. The van der Waals surface area contributed by atoms with E-state index in [2.05, 4.69) is 9.97 Å². The van der Waals surface area contributed by atoms with Crippen molar-refractivity contribution in [2.24, 2.45) is 0 Å². The molecule has 1 aliphatic rings. The van der Waals surface area contributed by atoms with Gasteiger partial charge in [0.15, 0.2) is 0 Å². The van der Waals surface area contributed by atoms with E-state index < -0.39 is 0 Å². The van der Waals surface area contributed by atoms with Crippen LogP contribution in [0.4, 0.5) is 4.39 Å². The minimum Gasteiger partial charge on any atom is -0.492 e. The molecule has 0 radical (unpaired) electrons. The smallest absolute Gasteiger partial charge is 0.259 e. The lowest BCUT2D eigenvalue weighted by atomic mass is 10.2. The number of rotatable bonds is 6. The summed E-state index contributed by atoms with van der Waals surface area (Å²) in [4.78, 5) is 24.3. The average Bonchev–Trinajstić information content (AvgIpc) is 3.17. The van der Waals surface area contributed by atoms with Crippen LogP contribution in [0.5, 0.6) is 5.75 Å². The number of halogens is 1. The molecular formula is C19H20FN3O2S. The number of ether oxygens (including phenoxy) is 1. The highest BCUT2D eigenvalue weighted by atomic mass is 32.1. The Morgan fingerprint density at radius 3 is 2.92 bits per heavy atom. The minimum atomic E-state index is -0.278. The lowest BCUT2D eigenvalue weighted by molar-refractivity contribution is 0.229. The first kappa shape index (κ1) is 17.2. The Morgan fingerprint density at radius 2 is 2.12 bits per heavy atom. The van der Waals surface area contributed by atoms with Crippen molar-refractivity contribution in [1.29, 1.82) is 0 Å². The molecule has 136 valence electrons. The second-order valence-electron chi connectivity index (χ2n) is 6.59. The van der Waals surface area contributed by atoms with Gasteiger partial charge in [0.1, 0.15) is 28.8 Å². The van der Waals surface area contributed by atoms with Crippen LogP contribution in [0.1, 0.15) is 22.7 Å². The molecule has 1 N–H and O–H groups in total. The Bertz CT molecular complexity index is 981. The van der Waals surface area contributed by atoms with E-state index in [-0.39, 0.29) is 11.4 Å². The Balaban J connectivity index is 1.39. The van der Waals surface area contributed by atoms with Crippen molar-refractivity contribution in [3.8, 4) is 5.75 Å². The van der Waals surface area contributed by atoms with Crippen LogP contribution in [-0.4, -0.2) is 35.1 Å². The predicted octanol–water partition coefficient (Wildman–Crippen LogP) is 3.12. The van der Waals surface area contributed by atoms with Gasteiger partial charge < -0.3 is 9.72 Å². The highest BCUT2D eigenvalue weighted by Crippen LogP contribution is 2.34. The molecule has 0 unspecified atom stereocenters. The van der Waals surface area contributed by atoms with Gasteiger partial charge in [0.05, 0.1) is 11.9 Å². The number of nitrogens with one attached hydrogen (secondary N) is 1. The van der Waals surface area contributed by atoms with Crippen LogP contribution in [0.15, 0.2) is 29.1 Å². The molecule has 0 aliphatic heterocycles. The first-order chi connectivity index (χ1) is 12.6. The first-order valence-corrected chi connectivity index (χ1v) is 9.52. The summed E-state index contributed by atoms with van der Waals surface area (Å²) in [5, 5.41) is 0.786. The van der Waals surface area contributed by atoms with Gasteiger partial charge in [-0.2, -0.15) is 0 Å². The van der Waals surface area contributed by atoms with Gasteiger partial charge in [-0.3, -0.25) is 9.69 Å². The van der Waals surface area contributed by atoms with Crippen molar-refractivity contribution in [3.63, 3.8) is 0 Å². The molecule has 5 nitrogen and oxygen atoms in total. The number of H-pyrrole nitrogens is 1. The molecule has 0 saturated carbocycles. The normalized spacial score (nSPS) is 13.5. The SMILES string of the molecule is CN(CCOc1ccc(F)cc1)Cc1nc2sc3c(c2c(=O)[nH]1)CCC3. The maximum absolute atomic E-state index is 12.9. The fraction of sp³-hybridized carbons (Fsp3) is 0.368. The van der Waals surface area contributed by atoms with Crippen LogP contribution >= 0.6 is 11.3 Å². The zero-order valence-corrected chi connectivity index (χ0v) is 15.4. The maximum Gasteiger partial charge on any atom is 0.259 e. The molecule has 0 atom stereocenters. The van der Waals surface area contributed by atoms with Crippen LogP contribution in [0.25, 0.3) is 10.2 Å². The van der Waals surface area contributed by atoms with Crippen LogP contribution in [-0.2, 0) is 19.4 Å². The number of hydrogen-bond acceptors (Lipinski definition) is 5. The van der Waals surface area contributed by atoms with Gasteiger partial charge in [0, 0.05) is 11.4 Å². The number of likely N-dealkylation sites (N-methyl/N-ethyl adjacent to an activating group) is 1. The van der Waals surface area contributed by atoms with Crippen LogP contribution < -0.4 is 10.3 Å². The van der Waals surface area contributed by atoms with Gasteiger partial charge in [-0.1, -0.05) is 0 Å². The monoisotopic (exact) mass is 373 g/mol. The zero-order valence-electron chi connectivity index (χ0n) is 14.5. The van der Waals surface area contributed by atoms with E-state index in [1.807, 2.05) is 11.9 Å². The van der Waals surface area contributed by atoms with Gasteiger partial charge in [-0.15, -0.1) is 11.3 Å². The fourth-order valence-electron chi connectivity index (χ4n) is 3.31. The Kier molecular flexibility index (Phi) is 4.74. The summed E-state index contributed by atoms with van der Waals surface area (Å²) < 4.78 is 18.5. The summed E-state index contributed by atoms with van der Waals surface area (Å²) in [6.45, 7) is 1.68. The molecule has 3 aromatic rings. The third kappa shape index (κ3) is 3.50. The summed E-state index contributed by atoms with van der Waals surface area (Å²) in [7, 11) is 1.95. The molecule has 0 spiro atoms. The van der Waals surface area contributed by atoms with Gasteiger partial charge >= 0.3 is 0 Å². The summed E-state index contributed by atoms with van der Waals surface area (Å²) in [6, 6.07) is 5.97. The highest BCUT2D eigenvalue weighted by molar-refractivity contribution is 7.18. The molecule has 4 rings (SSSR count). The minimum absolute atomic E-state index is 0.0274. The van der Waals surface area contributed by atoms with E-state index in [9.17, 15) is 9.18 Å². The lowest BCUT2D eigenvalue weighted by Crippen LogP contribution is -2.26. The number of thiophene rings is 1. The van der Waals surface area contributed by atoms with Crippen molar-refractivity contribution in [2.75, 3.05) is 20.2 Å². The van der Waals surface area contributed by atoms with E-state index in [0.717, 1.165) is 29.5 Å². The summed E-state index contributed by atoms with van der Waals surface area (Å²) in [5.41, 5.74) is 1.17. The van der Waals surface area contributed by atoms with Gasteiger partial charge in [0.25, 0.3) is 5.56 Å². The third-order valence-corrected chi connectivity index (χ3v) is 5.78. The van der Waals surface area contributed by atoms with Crippen molar-refractivity contribution >= 4 is 21.6 Å². The summed E-state index contributed by atoms with van der Waals surface area (Å²) >= 11 is 1.65. The maximum atomic E-state index is 12.9. The number of aryl methyl sites for hydroxylation is 2. The molecule has 0 saturated heterocycles. The van der Waals surface area contributed by atoms with Crippen molar-refractivity contribution < 1.29 is 9.13 Å². The molecule has 2 aromatic heterocycles. The molecule has 2 heterocycles. The molecule has 26 heavy (non-hydrogen) atoms. The van der Waals surface area contributed by atoms with E-state index in [4.69, 9.17) is 4.74 Å². The summed E-state index contributed by atoms with van der Waals surface area (Å²) in [5.74, 6) is 1.03. The molecule has 0 amide bonds. The van der Waals surface area contributed by atoms with Crippen LogP contribution in [0.3, 0.4) is 0 Å². The Labute approximate surface area is 154 Å². The summed E-state index contributed by atoms with van der Waals surface area (Å²) in [6.07, 6.45) is 3.18. The molecule has 0 bridgehead atoms. The van der Waals surface area contributed by atoms with Gasteiger partial charge in [-0.05, 0) is 56.1 Å². The van der Waals surface area contributed by atoms with Crippen molar-refractivity contribution in [3.05, 3.63) is 56.7 Å². The number of benzene rings is 1. The highest BCUT2D eigenvalue weighted by Gasteiger charge is 2.21. The number of nitrogens with zero attached hydrogens (tertiary/aromatic N) is 2. The second kappa shape index (κ2) is 7.17. The second-order valence-corrected chi connectivity index (χ2v) is 7.67. The zero-order chi connectivity index (χ0) is 18.1. The van der Waals surface area contributed by atoms with E-state index in [1.165, 1.54) is 22.6 Å². The Morgan fingerprint density at radius 1 is 1.31 bits per heavy atom. The van der Waals surface area contributed by atoms with Crippen molar-refractivity contribution in [2.45, 2.75) is 25.8 Å². The van der Waals surface area contributed by atoms with E-state index in [1.54, 1.807) is 23.5 Å². The topological polar surface area (TPSA) is 58.2 Å². The van der Waals surface area contributed by atoms with E-state index >= 15 is 0 Å². The molecule has 0 fully saturated rings. The molecule has 7 heteroatoms. The van der Waals surface area contributed by atoms with Gasteiger partial charge in [-0.25, -0.2) is 9.37 Å². The largest absolute Gasteiger partial charge is 0.492 e. The van der Waals surface area contributed by atoms with E-state index in [0.29, 0.717) is 31.3 Å². The molecular weight excluding hydrogens is 353 g/mol.